The summed E-state index contributed by atoms with van der Waals surface area (Å²) in [4.78, 5) is 15.1. The second kappa shape index (κ2) is 5.87. The molecule has 0 aliphatic carbocycles. The Labute approximate surface area is 116 Å². The lowest BCUT2D eigenvalue weighted by molar-refractivity contribution is 0.0788. The molecular formula is C17H25NO. The number of Topliss-reactive ketones (excluding diaryl/α,β-unsaturated/α-hetero) is 1. The molecule has 2 heteroatoms. The van der Waals surface area contributed by atoms with Crippen LogP contribution in [-0.4, -0.2) is 29.8 Å². The zero-order valence-corrected chi connectivity index (χ0v) is 12.4. The highest BCUT2D eigenvalue weighted by Gasteiger charge is 2.32. The average molecular weight is 259 g/mol. The predicted octanol–water partition coefficient (Wildman–Crippen LogP) is 3.77. The minimum Gasteiger partial charge on any atom is -0.293 e. The number of nitrogens with zero attached hydrogens (tertiary/aromatic N) is 1. The second-order valence-electron chi connectivity index (χ2n) is 6.75. The molecule has 1 atom stereocenters. The number of ketones is 1. The van der Waals surface area contributed by atoms with Crippen LogP contribution in [-0.2, 0) is 0 Å². The molecule has 1 aliphatic rings. The Bertz CT molecular complexity index is 413. The maximum Gasteiger partial charge on any atom is 0.179 e. The fourth-order valence-electron chi connectivity index (χ4n) is 2.82. The van der Waals surface area contributed by atoms with Gasteiger partial charge < -0.3 is 0 Å². The van der Waals surface area contributed by atoms with E-state index >= 15 is 0 Å². The van der Waals surface area contributed by atoms with Crippen molar-refractivity contribution in [3.63, 3.8) is 0 Å². The van der Waals surface area contributed by atoms with Crippen LogP contribution in [0.3, 0.4) is 0 Å². The number of hydrogen-bond acceptors (Lipinski definition) is 2. The molecule has 104 valence electrons. The maximum atomic E-state index is 12.8. The van der Waals surface area contributed by atoms with Gasteiger partial charge in [0.05, 0.1) is 6.04 Å². The summed E-state index contributed by atoms with van der Waals surface area (Å²) in [6, 6.07) is 9.79. The van der Waals surface area contributed by atoms with Crippen LogP contribution in [0.4, 0.5) is 0 Å². The van der Waals surface area contributed by atoms with Crippen molar-refractivity contribution in [1.29, 1.82) is 0 Å². The van der Waals surface area contributed by atoms with E-state index < -0.39 is 0 Å². The van der Waals surface area contributed by atoms with Crippen molar-refractivity contribution in [2.24, 2.45) is 5.41 Å². The second-order valence-corrected chi connectivity index (χ2v) is 6.75. The number of rotatable bonds is 4. The number of benzene rings is 1. The lowest BCUT2D eigenvalue weighted by atomic mass is 9.84. The molecule has 2 nitrogen and oxygen atoms in total. The van der Waals surface area contributed by atoms with Crippen LogP contribution in [0.15, 0.2) is 30.3 Å². The lowest BCUT2D eigenvalue weighted by Crippen LogP contribution is -2.41. The molecule has 1 unspecified atom stereocenters. The number of carbonyl (C=O) groups excluding carboxylic acids is 1. The van der Waals surface area contributed by atoms with E-state index in [0.29, 0.717) is 0 Å². The smallest absolute Gasteiger partial charge is 0.179 e. The van der Waals surface area contributed by atoms with E-state index in [1.807, 2.05) is 30.3 Å². The number of hydrogen-bond donors (Lipinski definition) is 0. The summed E-state index contributed by atoms with van der Waals surface area (Å²) in [6.45, 7) is 8.79. The summed E-state index contributed by atoms with van der Waals surface area (Å²) in [6.07, 6.45) is 3.38. The van der Waals surface area contributed by atoms with Crippen molar-refractivity contribution < 1.29 is 4.79 Å². The first-order valence-electron chi connectivity index (χ1n) is 7.31. The summed E-state index contributed by atoms with van der Waals surface area (Å²) < 4.78 is 0. The molecule has 0 amide bonds. The van der Waals surface area contributed by atoms with E-state index in [9.17, 15) is 4.79 Å². The topological polar surface area (TPSA) is 20.3 Å². The summed E-state index contributed by atoms with van der Waals surface area (Å²) in [7, 11) is 0. The van der Waals surface area contributed by atoms with Gasteiger partial charge in [-0.05, 0) is 37.8 Å². The fourth-order valence-corrected chi connectivity index (χ4v) is 2.82. The maximum absolute atomic E-state index is 12.8. The SMILES string of the molecule is CC(C)(C)CC(C(=O)c1ccccc1)N1CCCC1. The van der Waals surface area contributed by atoms with Gasteiger partial charge in [-0.15, -0.1) is 0 Å². The molecule has 0 spiro atoms. The molecule has 1 aromatic rings. The van der Waals surface area contributed by atoms with E-state index in [2.05, 4.69) is 25.7 Å². The molecule has 1 saturated heterocycles. The van der Waals surface area contributed by atoms with Gasteiger partial charge in [-0.3, -0.25) is 9.69 Å². The first-order valence-corrected chi connectivity index (χ1v) is 7.31. The van der Waals surface area contributed by atoms with Gasteiger partial charge in [0.2, 0.25) is 0 Å². The molecule has 0 aromatic heterocycles. The zero-order valence-electron chi connectivity index (χ0n) is 12.4. The van der Waals surface area contributed by atoms with E-state index in [1.54, 1.807) is 0 Å². The molecule has 1 aliphatic heterocycles. The van der Waals surface area contributed by atoms with Crippen molar-refractivity contribution in [3.05, 3.63) is 35.9 Å². The molecule has 0 saturated carbocycles. The highest BCUT2D eigenvalue weighted by Crippen LogP contribution is 2.27. The van der Waals surface area contributed by atoms with Crippen LogP contribution >= 0.6 is 0 Å². The van der Waals surface area contributed by atoms with Crippen molar-refractivity contribution in [2.45, 2.75) is 46.1 Å². The number of carbonyl (C=O) groups is 1. The normalized spacial score (nSPS) is 18.5. The third-order valence-corrected chi connectivity index (χ3v) is 3.75. The summed E-state index contributed by atoms with van der Waals surface area (Å²) >= 11 is 0. The van der Waals surface area contributed by atoms with Gasteiger partial charge in [-0.2, -0.15) is 0 Å². The van der Waals surface area contributed by atoms with Crippen LogP contribution in [0.25, 0.3) is 0 Å². The third kappa shape index (κ3) is 3.90. The zero-order chi connectivity index (χ0) is 13.9. The number of likely N-dealkylation sites (tertiary alicyclic amines) is 1. The van der Waals surface area contributed by atoms with Gasteiger partial charge in [0.15, 0.2) is 5.78 Å². The molecule has 1 aromatic carbocycles. The van der Waals surface area contributed by atoms with Crippen LogP contribution in [0.1, 0.15) is 50.4 Å². The minimum atomic E-state index is 0.0462. The molecule has 1 heterocycles. The van der Waals surface area contributed by atoms with Crippen LogP contribution < -0.4 is 0 Å². The van der Waals surface area contributed by atoms with Gasteiger partial charge in [0, 0.05) is 5.56 Å². The van der Waals surface area contributed by atoms with E-state index in [1.165, 1.54) is 12.8 Å². The Morgan fingerprint density at radius 2 is 1.74 bits per heavy atom. The highest BCUT2D eigenvalue weighted by atomic mass is 16.1. The Balaban J connectivity index is 2.19. The molecule has 0 bridgehead atoms. The predicted molar refractivity (Wildman–Crippen MR) is 79.4 cm³/mol. The van der Waals surface area contributed by atoms with Crippen LogP contribution in [0.2, 0.25) is 0 Å². The van der Waals surface area contributed by atoms with Crippen LogP contribution in [0, 0.1) is 5.41 Å². The largest absolute Gasteiger partial charge is 0.293 e. The Morgan fingerprint density at radius 1 is 1.16 bits per heavy atom. The van der Waals surface area contributed by atoms with Crippen molar-refractivity contribution in [1.82, 2.24) is 4.90 Å². The molecule has 0 radical (unpaired) electrons. The lowest BCUT2D eigenvalue weighted by Gasteiger charge is -2.32. The van der Waals surface area contributed by atoms with Gasteiger partial charge >= 0.3 is 0 Å². The van der Waals surface area contributed by atoms with E-state index in [4.69, 9.17) is 0 Å². The molecular weight excluding hydrogens is 234 g/mol. The van der Waals surface area contributed by atoms with Gasteiger partial charge in [0.25, 0.3) is 0 Å². The third-order valence-electron chi connectivity index (χ3n) is 3.75. The summed E-state index contributed by atoms with van der Waals surface area (Å²) in [5, 5.41) is 0. The van der Waals surface area contributed by atoms with Gasteiger partial charge in [-0.1, -0.05) is 51.1 Å². The fraction of sp³-hybridized carbons (Fsp3) is 0.588. The van der Waals surface area contributed by atoms with E-state index in [0.717, 1.165) is 25.1 Å². The van der Waals surface area contributed by atoms with E-state index in [-0.39, 0.29) is 17.2 Å². The average Bonchev–Trinajstić information content (AvgIpc) is 2.89. The van der Waals surface area contributed by atoms with Crippen molar-refractivity contribution in [2.75, 3.05) is 13.1 Å². The summed E-state index contributed by atoms with van der Waals surface area (Å²) in [5.74, 6) is 0.289. The van der Waals surface area contributed by atoms with Crippen molar-refractivity contribution in [3.8, 4) is 0 Å². The highest BCUT2D eigenvalue weighted by molar-refractivity contribution is 6.00. The first kappa shape index (κ1) is 14.3. The summed E-state index contributed by atoms with van der Waals surface area (Å²) in [5.41, 5.74) is 1.03. The van der Waals surface area contributed by atoms with Gasteiger partial charge in [-0.25, -0.2) is 0 Å². The molecule has 0 N–H and O–H groups in total. The Kier molecular flexibility index (Phi) is 4.41. The minimum absolute atomic E-state index is 0.0462. The monoisotopic (exact) mass is 259 g/mol. The Morgan fingerprint density at radius 3 is 2.26 bits per heavy atom. The van der Waals surface area contributed by atoms with Gasteiger partial charge in [0.1, 0.15) is 0 Å². The quantitative estimate of drug-likeness (QED) is 0.767. The molecule has 19 heavy (non-hydrogen) atoms. The first-order chi connectivity index (χ1) is 8.97. The van der Waals surface area contributed by atoms with Crippen LogP contribution in [0.5, 0.6) is 0 Å². The van der Waals surface area contributed by atoms with Crippen molar-refractivity contribution >= 4 is 5.78 Å². The standard InChI is InChI=1S/C17H25NO/c1-17(2,3)13-15(18-11-7-8-12-18)16(19)14-9-5-4-6-10-14/h4-6,9-10,15H,7-8,11-13H2,1-3H3. The Hall–Kier alpha value is -1.15. The molecule has 2 rings (SSSR count). The molecule has 1 fully saturated rings.